The zero-order valence-electron chi connectivity index (χ0n) is 11.3. The number of hydrogen-bond donors (Lipinski definition) is 1. The molecule has 0 atom stereocenters. The summed E-state index contributed by atoms with van der Waals surface area (Å²) in [4.78, 5) is 16.7. The van der Waals surface area contributed by atoms with Gasteiger partial charge in [0.05, 0.1) is 19.1 Å². The first-order valence-electron chi connectivity index (χ1n) is 6.15. The van der Waals surface area contributed by atoms with Gasteiger partial charge in [0.25, 0.3) is 0 Å². The third-order valence-corrected chi connectivity index (χ3v) is 2.57. The molecule has 0 aliphatic carbocycles. The fourth-order valence-electron chi connectivity index (χ4n) is 1.58. The third kappa shape index (κ3) is 5.50. The Morgan fingerprint density at radius 2 is 2.35 bits per heavy atom. The first-order valence-corrected chi connectivity index (χ1v) is 6.15. The van der Waals surface area contributed by atoms with Crippen molar-refractivity contribution in [1.82, 2.24) is 4.98 Å². The van der Waals surface area contributed by atoms with Gasteiger partial charge in [0.15, 0.2) is 0 Å². The molecular formula is C14H17N3O3. The second-order valence-corrected chi connectivity index (χ2v) is 4.01. The van der Waals surface area contributed by atoms with Gasteiger partial charge < -0.3 is 14.7 Å². The maximum absolute atomic E-state index is 10.4. The highest BCUT2D eigenvalue weighted by atomic mass is 16.5. The molecule has 0 aromatic carbocycles. The summed E-state index contributed by atoms with van der Waals surface area (Å²) >= 11 is 0. The van der Waals surface area contributed by atoms with E-state index in [1.165, 1.54) is 6.08 Å². The van der Waals surface area contributed by atoms with Crippen molar-refractivity contribution in [2.75, 3.05) is 31.7 Å². The zero-order chi connectivity index (χ0) is 14.8. The van der Waals surface area contributed by atoms with Crippen molar-refractivity contribution in [2.24, 2.45) is 0 Å². The van der Waals surface area contributed by atoms with Crippen molar-refractivity contribution in [3.8, 4) is 6.07 Å². The van der Waals surface area contributed by atoms with E-state index in [-0.39, 0.29) is 0 Å². The van der Waals surface area contributed by atoms with Gasteiger partial charge in [-0.05, 0) is 23.8 Å². The van der Waals surface area contributed by atoms with Gasteiger partial charge in [-0.1, -0.05) is 0 Å². The standard InChI is InChI=1S/C14H17N3O3/c1-20-10-9-17(8-2-7-15)13-5-3-12(11-16-13)4-6-14(18)19/h3-6,11H,2,8-10H2,1H3,(H,18,19)/b6-4+. The third-order valence-electron chi connectivity index (χ3n) is 2.57. The van der Waals surface area contributed by atoms with Crippen LogP contribution >= 0.6 is 0 Å². The van der Waals surface area contributed by atoms with Crippen molar-refractivity contribution < 1.29 is 14.6 Å². The molecule has 0 bridgehead atoms. The summed E-state index contributed by atoms with van der Waals surface area (Å²) in [5.74, 6) is -0.255. The Hall–Kier alpha value is -2.39. The lowest BCUT2D eigenvalue weighted by Gasteiger charge is -2.22. The highest BCUT2D eigenvalue weighted by molar-refractivity contribution is 5.85. The first kappa shape index (κ1) is 15.7. The first-order chi connectivity index (χ1) is 9.67. The summed E-state index contributed by atoms with van der Waals surface area (Å²) in [5.41, 5.74) is 0.711. The molecule has 1 heterocycles. The van der Waals surface area contributed by atoms with Gasteiger partial charge in [0.2, 0.25) is 0 Å². The monoisotopic (exact) mass is 275 g/mol. The summed E-state index contributed by atoms with van der Waals surface area (Å²) in [6.45, 7) is 1.78. The van der Waals surface area contributed by atoms with E-state index in [0.29, 0.717) is 31.7 Å². The van der Waals surface area contributed by atoms with E-state index in [2.05, 4.69) is 11.1 Å². The molecule has 0 radical (unpaired) electrons. The molecule has 0 spiro atoms. The quantitative estimate of drug-likeness (QED) is 0.724. The topological polar surface area (TPSA) is 86.5 Å². The number of anilines is 1. The van der Waals surface area contributed by atoms with E-state index in [4.69, 9.17) is 15.1 Å². The van der Waals surface area contributed by atoms with Crippen molar-refractivity contribution in [1.29, 1.82) is 5.26 Å². The van der Waals surface area contributed by atoms with E-state index in [0.717, 1.165) is 11.9 Å². The highest BCUT2D eigenvalue weighted by Crippen LogP contribution is 2.12. The Morgan fingerprint density at radius 3 is 2.90 bits per heavy atom. The number of aliphatic carboxylic acids is 1. The molecule has 1 rings (SSSR count). The molecule has 0 amide bonds. The molecule has 0 aliphatic heterocycles. The molecular weight excluding hydrogens is 258 g/mol. The number of ether oxygens (including phenoxy) is 1. The molecule has 1 aromatic heterocycles. The Labute approximate surface area is 117 Å². The minimum Gasteiger partial charge on any atom is -0.478 e. The fraction of sp³-hybridized carbons (Fsp3) is 0.357. The van der Waals surface area contributed by atoms with Crippen molar-refractivity contribution >= 4 is 17.9 Å². The van der Waals surface area contributed by atoms with Gasteiger partial charge in [-0.3, -0.25) is 0 Å². The molecule has 6 heteroatoms. The van der Waals surface area contributed by atoms with Crippen LogP contribution in [0.4, 0.5) is 5.82 Å². The number of methoxy groups -OCH3 is 1. The number of rotatable bonds is 8. The maximum atomic E-state index is 10.4. The predicted molar refractivity (Wildman–Crippen MR) is 75.2 cm³/mol. The van der Waals surface area contributed by atoms with Crippen molar-refractivity contribution in [2.45, 2.75) is 6.42 Å². The predicted octanol–water partition coefficient (Wildman–Crippen LogP) is 1.55. The summed E-state index contributed by atoms with van der Waals surface area (Å²) in [6.07, 6.45) is 4.55. The summed E-state index contributed by atoms with van der Waals surface area (Å²) < 4.78 is 5.03. The minimum absolute atomic E-state index is 0.409. The van der Waals surface area contributed by atoms with Crippen LogP contribution in [-0.4, -0.2) is 42.9 Å². The number of carboxylic acids is 1. The van der Waals surface area contributed by atoms with Crippen LogP contribution in [0.25, 0.3) is 6.08 Å². The second-order valence-electron chi connectivity index (χ2n) is 4.01. The lowest BCUT2D eigenvalue weighted by Crippen LogP contribution is -2.28. The Bertz CT molecular complexity index is 491. The molecule has 106 valence electrons. The molecule has 0 unspecified atom stereocenters. The molecule has 6 nitrogen and oxygen atoms in total. The van der Waals surface area contributed by atoms with E-state index >= 15 is 0 Å². The van der Waals surface area contributed by atoms with Gasteiger partial charge in [-0.15, -0.1) is 0 Å². The molecule has 0 aliphatic rings. The number of nitriles is 1. The normalized spacial score (nSPS) is 10.4. The number of aromatic nitrogens is 1. The highest BCUT2D eigenvalue weighted by Gasteiger charge is 2.07. The van der Waals surface area contributed by atoms with Gasteiger partial charge >= 0.3 is 5.97 Å². The van der Waals surface area contributed by atoms with Crippen LogP contribution in [0.2, 0.25) is 0 Å². The van der Waals surface area contributed by atoms with Gasteiger partial charge in [-0.25, -0.2) is 9.78 Å². The molecule has 20 heavy (non-hydrogen) atoms. The van der Waals surface area contributed by atoms with Crippen LogP contribution in [0.5, 0.6) is 0 Å². The average molecular weight is 275 g/mol. The number of carbonyl (C=O) groups is 1. The molecule has 0 fully saturated rings. The van der Waals surface area contributed by atoms with E-state index < -0.39 is 5.97 Å². The van der Waals surface area contributed by atoms with Crippen LogP contribution < -0.4 is 4.90 Å². The second kappa shape index (κ2) is 8.67. The van der Waals surface area contributed by atoms with E-state index in [1.54, 1.807) is 25.4 Å². The van der Waals surface area contributed by atoms with Crippen LogP contribution in [-0.2, 0) is 9.53 Å². The van der Waals surface area contributed by atoms with Crippen molar-refractivity contribution in [3.05, 3.63) is 30.0 Å². The summed E-state index contributed by atoms with van der Waals surface area (Å²) in [7, 11) is 1.62. The Balaban J connectivity index is 2.76. The maximum Gasteiger partial charge on any atom is 0.328 e. The zero-order valence-corrected chi connectivity index (χ0v) is 11.3. The molecule has 0 saturated carbocycles. The lowest BCUT2D eigenvalue weighted by molar-refractivity contribution is -0.131. The summed E-state index contributed by atoms with van der Waals surface area (Å²) in [6, 6.07) is 5.69. The number of pyridine rings is 1. The number of carboxylic acid groups (broad SMARTS) is 1. The number of hydrogen-bond acceptors (Lipinski definition) is 5. The fourth-order valence-corrected chi connectivity index (χ4v) is 1.58. The molecule has 1 N–H and O–H groups in total. The molecule has 1 aromatic rings. The van der Waals surface area contributed by atoms with Crippen LogP contribution in [0.1, 0.15) is 12.0 Å². The largest absolute Gasteiger partial charge is 0.478 e. The Kier molecular flexibility index (Phi) is 6.79. The van der Waals surface area contributed by atoms with E-state index in [9.17, 15) is 4.79 Å². The minimum atomic E-state index is -0.996. The van der Waals surface area contributed by atoms with Crippen molar-refractivity contribution in [3.63, 3.8) is 0 Å². The summed E-state index contributed by atoms with van der Waals surface area (Å²) in [5, 5.41) is 17.2. The van der Waals surface area contributed by atoms with Crippen LogP contribution in [0.3, 0.4) is 0 Å². The average Bonchev–Trinajstić information content (AvgIpc) is 2.46. The molecule has 0 saturated heterocycles. The SMILES string of the molecule is COCCN(CCC#N)c1ccc(/C=C/C(=O)O)cn1. The number of nitrogens with zero attached hydrogens (tertiary/aromatic N) is 3. The van der Waals surface area contributed by atoms with Gasteiger partial charge in [0.1, 0.15) is 5.82 Å². The smallest absolute Gasteiger partial charge is 0.328 e. The van der Waals surface area contributed by atoms with Crippen LogP contribution in [0, 0.1) is 11.3 Å². The van der Waals surface area contributed by atoms with Gasteiger partial charge in [0, 0.05) is 32.5 Å². The Morgan fingerprint density at radius 1 is 1.55 bits per heavy atom. The lowest BCUT2D eigenvalue weighted by atomic mass is 10.2. The van der Waals surface area contributed by atoms with Gasteiger partial charge in [-0.2, -0.15) is 5.26 Å². The van der Waals surface area contributed by atoms with Crippen LogP contribution in [0.15, 0.2) is 24.4 Å². The van der Waals surface area contributed by atoms with E-state index in [1.807, 2.05) is 4.90 Å².